The monoisotopic (exact) mass is 278 g/mol. The molecule has 0 aromatic heterocycles. The molecular weight excluding hydrogens is 251 g/mol. The van der Waals surface area contributed by atoms with Gasteiger partial charge in [-0.05, 0) is 55.5 Å². The van der Waals surface area contributed by atoms with Gasteiger partial charge in [0.1, 0.15) is 5.82 Å². The molecule has 1 heterocycles. The SMILES string of the molecule is Cc1cc(F)ccc1C1C(N)CCCCN1CC(C)C. The van der Waals surface area contributed by atoms with E-state index >= 15 is 0 Å². The van der Waals surface area contributed by atoms with Crippen molar-refractivity contribution in [3.8, 4) is 0 Å². The van der Waals surface area contributed by atoms with Crippen LogP contribution in [0.15, 0.2) is 18.2 Å². The Morgan fingerprint density at radius 1 is 1.35 bits per heavy atom. The molecule has 1 aliphatic heterocycles. The van der Waals surface area contributed by atoms with Crippen molar-refractivity contribution in [1.82, 2.24) is 4.90 Å². The minimum Gasteiger partial charge on any atom is -0.326 e. The van der Waals surface area contributed by atoms with E-state index in [1.165, 1.54) is 18.4 Å². The fraction of sp³-hybridized carbons (Fsp3) is 0.647. The molecule has 2 unspecified atom stereocenters. The molecule has 2 nitrogen and oxygen atoms in total. The molecular formula is C17H27FN2. The highest BCUT2D eigenvalue weighted by Gasteiger charge is 2.30. The highest BCUT2D eigenvalue weighted by atomic mass is 19.1. The maximum atomic E-state index is 13.4. The van der Waals surface area contributed by atoms with Crippen LogP contribution in [0.5, 0.6) is 0 Å². The summed E-state index contributed by atoms with van der Waals surface area (Å²) in [6.07, 6.45) is 3.44. The summed E-state index contributed by atoms with van der Waals surface area (Å²) in [6, 6.07) is 5.47. The van der Waals surface area contributed by atoms with E-state index < -0.39 is 0 Å². The van der Waals surface area contributed by atoms with E-state index in [0.29, 0.717) is 5.92 Å². The molecule has 1 saturated heterocycles. The Balaban J connectivity index is 2.34. The number of nitrogens with two attached hydrogens (primary N) is 1. The summed E-state index contributed by atoms with van der Waals surface area (Å²) in [5.74, 6) is 0.451. The van der Waals surface area contributed by atoms with Crippen molar-refractivity contribution in [3.05, 3.63) is 35.1 Å². The van der Waals surface area contributed by atoms with Crippen LogP contribution in [-0.2, 0) is 0 Å². The first-order valence-electron chi connectivity index (χ1n) is 7.74. The second kappa shape index (κ2) is 6.68. The average molecular weight is 278 g/mol. The van der Waals surface area contributed by atoms with Crippen LogP contribution in [0.2, 0.25) is 0 Å². The lowest BCUT2D eigenvalue weighted by Gasteiger charge is -2.35. The van der Waals surface area contributed by atoms with Crippen LogP contribution in [0, 0.1) is 18.7 Å². The van der Waals surface area contributed by atoms with Crippen LogP contribution in [0.4, 0.5) is 4.39 Å². The average Bonchev–Trinajstić information content (AvgIpc) is 2.52. The van der Waals surface area contributed by atoms with Gasteiger partial charge in [0.05, 0.1) is 6.04 Å². The quantitative estimate of drug-likeness (QED) is 0.914. The Bertz CT molecular complexity index is 445. The lowest BCUT2D eigenvalue weighted by molar-refractivity contribution is 0.165. The molecule has 0 amide bonds. The van der Waals surface area contributed by atoms with Crippen LogP contribution < -0.4 is 5.73 Å². The van der Waals surface area contributed by atoms with Crippen LogP contribution >= 0.6 is 0 Å². The molecule has 0 spiro atoms. The van der Waals surface area contributed by atoms with Crippen molar-refractivity contribution in [2.45, 2.75) is 52.1 Å². The third-order valence-corrected chi connectivity index (χ3v) is 4.18. The first-order chi connectivity index (χ1) is 9.49. The second-order valence-electron chi connectivity index (χ2n) is 6.49. The molecule has 2 atom stereocenters. The van der Waals surface area contributed by atoms with Gasteiger partial charge in [-0.25, -0.2) is 4.39 Å². The Labute approximate surface area is 122 Å². The molecule has 112 valence electrons. The van der Waals surface area contributed by atoms with Gasteiger partial charge in [0.2, 0.25) is 0 Å². The molecule has 1 aromatic carbocycles. The molecule has 0 saturated carbocycles. The summed E-state index contributed by atoms with van der Waals surface area (Å²) in [6.45, 7) is 8.61. The highest BCUT2D eigenvalue weighted by Crippen LogP contribution is 2.32. The van der Waals surface area contributed by atoms with Crippen molar-refractivity contribution in [3.63, 3.8) is 0 Å². The van der Waals surface area contributed by atoms with Crippen molar-refractivity contribution in [2.75, 3.05) is 13.1 Å². The van der Waals surface area contributed by atoms with Gasteiger partial charge in [0.25, 0.3) is 0 Å². The van der Waals surface area contributed by atoms with E-state index in [9.17, 15) is 4.39 Å². The summed E-state index contributed by atoms with van der Waals surface area (Å²) in [7, 11) is 0. The van der Waals surface area contributed by atoms with E-state index in [-0.39, 0.29) is 17.9 Å². The Kier molecular flexibility index (Phi) is 5.17. The molecule has 3 heteroatoms. The zero-order chi connectivity index (χ0) is 14.7. The van der Waals surface area contributed by atoms with Crippen molar-refractivity contribution >= 4 is 0 Å². The predicted molar refractivity (Wildman–Crippen MR) is 82.1 cm³/mol. The molecule has 2 rings (SSSR count). The van der Waals surface area contributed by atoms with E-state index in [1.807, 2.05) is 13.0 Å². The Hall–Kier alpha value is -0.930. The number of nitrogens with zero attached hydrogens (tertiary/aromatic N) is 1. The third kappa shape index (κ3) is 3.58. The summed E-state index contributed by atoms with van der Waals surface area (Å²) in [5, 5.41) is 0. The number of hydrogen-bond donors (Lipinski definition) is 1. The van der Waals surface area contributed by atoms with Gasteiger partial charge >= 0.3 is 0 Å². The van der Waals surface area contributed by atoms with Crippen molar-refractivity contribution in [1.29, 1.82) is 0 Å². The minimum atomic E-state index is -0.163. The topological polar surface area (TPSA) is 29.3 Å². The third-order valence-electron chi connectivity index (χ3n) is 4.18. The molecule has 1 aliphatic rings. The van der Waals surface area contributed by atoms with Crippen LogP contribution in [0.1, 0.15) is 50.3 Å². The number of aryl methyl sites for hydroxylation is 1. The summed E-state index contributed by atoms with van der Waals surface area (Å²) in [4.78, 5) is 2.50. The van der Waals surface area contributed by atoms with Gasteiger partial charge in [-0.3, -0.25) is 4.90 Å². The second-order valence-corrected chi connectivity index (χ2v) is 6.49. The van der Waals surface area contributed by atoms with Crippen LogP contribution in [0.3, 0.4) is 0 Å². The Morgan fingerprint density at radius 2 is 2.10 bits per heavy atom. The zero-order valence-electron chi connectivity index (χ0n) is 12.9. The minimum absolute atomic E-state index is 0.139. The molecule has 2 N–H and O–H groups in total. The first kappa shape index (κ1) is 15.5. The fourth-order valence-electron chi connectivity index (χ4n) is 3.33. The number of halogens is 1. The van der Waals surface area contributed by atoms with E-state index in [1.54, 1.807) is 12.1 Å². The lowest BCUT2D eigenvalue weighted by Crippen LogP contribution is -2.41. The molecule has 1 fully saturated rings. The first-order valence-corrected chi connectivity index (χ1v) is 7.74. The number of likely N-dealkylation sites (tertiary alicyclic amines) is 1. The largest absolute Gasteiger partial charge is 0.326 e. The van der Waals surface area contributed by atoms with Gasteiger partial charge in [0.15, 0.2) is 0 Å². The maximum absolute atomic E-state index is 13.4. The van der Waals surface area contributed by atoms with E-state index in [4.69, 9.17) is 5.73 Å². The van der Waals surface area contributed by atoms with Gasteiger partial charge in [0, 0.05) is 12.6 Å². The van der Waals surface area contributed by atoms with Gasteiger partial charge in [-0.15, -0.1) is 0 Å². The number of hydrogen-bond acceptors (Lipinski definition) is 2. The molecule has 0 bridgehead atoms. The molecule has 1 aromatic rings. The van der Waals surface area contributed by atoms with Crippen LogP contribution in [0.25, 0.3) is 0 Å². The molecule has 20 heavy (non-hydrogen) atoms. The molecule has 0 aliphatic carbocycles. The lowest BCUT2D eigenvalue weighted by atomic mass is 9.92. The predicted octanol–water partition coefficient (Wildman–Crippen LogP) is 3.64. The smallest absolute Gasteiger partial charge is 0.123 e. The fourth-order valence-corrected chi connectivity index (χ4v) is 3.33. The van der Waals surface area contributed by atoms with Crippen LogP contribution in [-0.4, -0.2) is 24.0 Å². The van der Waals surface area contributed by atoms with Crippen molar-refractivity contribution in [2.24, 2.45) is 11.7 Å². The van der Waals surface area contributed by atoms with E-state index in [0.717, 1.165) is 25.1 Å². The zero-order valence-corrected chi connectivity index (χ0v) is 12.9. The van der Waals surface area contributed by atoms with Crippen molar-refractivity contribution < 1.29 is 4.39 Å². The van der Waals surface area contributed by atoms with Gasteiger partial charge in [-0.1, -0.05) is 26.3 Å². The van der Waals surface area contributed by atoms with Gasteiger partial charge in [-0.2, -0.15) is 0 Å². The Morgan fingerprint density at radius 3 is 2.75 bits per heavy atom. The highest BCUT2D eigenvalue weighted by molar-refractivity contribution is 5.31. The number of rotatable bonds is 3. The summed E-state index contributed by atoms with van der Waals surface area (Å²) in [5.41, 5.74) is 8.66. The maximum Gasteiger partial charge on any atom is 0.123 e. The normalized spacial score (nSPS) is 24.9. The van der Waals surface area contributed by atoms with Gasteiger partial charge < -0.3 is 5.73 Å². The number of benzene rings is 1. The van der Waals surface area contributed by atoms with E-state index in [2.05, 4.69) is 18.7 Å². The molecule has 0 radical (unpaired) electrons. The summed E-state index contributed by atoms with van der Waals surface area (Å²) < 4.78 is 13.4. The standard InChI is InChI=1S/C17H27FN2/c1-12(2)11-20-9-5-4-6-16(19)17(20)15-8-7-14(18)10-13(15)3/h7-8,10,12,16-17H,4-6,9,11,19H2,1-3H3. The summed E-state index contributed by atoms with van der Waals surface area (Å²) >= 11 is 0.